The van der Waals surface area contributed by atoms with E-state index in [0.717, 1.165) is 6.07 Å². The Morgan fingerprint density at radius 1 is 1.00 bits per heavy atom. The first-order valence-electron chi connectivity index (χ1n) is 9.00. The fraction of sp³-hybridized carbons (Fsp3) is 0.588. The van der Waals surface area contributed by atoms with Crippen LogP contribution in [0.1, 0.15) is 13.8 Å². The topological polar surface area (TPSA) is 155 Å². The van der Waals surface area contributed by atoms with Crippen LogP contribution in [-0.2, 0) is 19.0 Å². The molecule has 0 radical (unpaired) electrons. The third-order valence-electron chi connectivity index (χ3n) is 3.38. The SMILES string of the molecule is CC(C)NC(=O)COCCOCCOCCNc1ccc([N+](=O)[O-])cc1[N+](=O)[O-]. The average molecular weight is 414 g/mol. The zero-order valence-corrected chi connectivity index (χ0v) is 16.4. The van der Waals surface area contributed by atoms with Crippen LogP contribution >= 0.6 is 0 Å². The van der Waals surface area contributed by atoms with Crippen LogP contribution in [0.25, 0.3) is 0 Å². The molecule has 1 aromatic carbocycles. The minimum Gasteiger partial charge on any atom is -0.377 e. The van der Waals surface area contributed by atoms with Gasteiger partial charge in [-0.05, 0) is 19.9 Å². The molecule has 0 atom stereocenters. The lowest BCUT2D eigenvalue weighted by Crippen LogP contribution is -2.33. The summed E-state index contributed by atoms with van der Waals surface area (Å²) in [7, 11) is 0. The Labute approximate surface area is 167 Å². The molecule has 162 valence electrons. The molecule has 2 N–H and O–H groups in total. The van der Waals surface area contributed by atoms with Crippen molar-refractivity contribution in [2.45, 2.75) is 19.9 Å². The number of ether oxygens (including phenoxy) is 3. The molecule has 0 fully saturated rings. The largest absolute Gasteiger partial charge is 0.377 e. The smallest absolute Gasteiger partial charge is 0.299 e. The first-order valence-corrected chi connectivity index (χ1v) is 9.00. The minimum atomic E-state index is -0.689. The van der Waals surface area contributed by atoms with Crippen LogP contribution in [0.4, 0.5) is 17.1 Å². The number of rotatable bonds is 15. The molecule has 0 aliphatic carbocycles. The summed E-state index contributed by atoms with van der Waals surface area (Å²) < 4.78 is 15.8. The normalized spacial score (nSPS) is 10.7. The van der Waals surface area contributed by atoms with Crippen molar-refractivity contribution in [1.29, 1.82) is 0 Å². The standard InChI is InChI=1S/C17H26N4O8/c1-13(2)19-17(22)12-29-10-9-28-8-7-27-6-5-18-15-4-3-14(20(23)24)11-16(15)21(25)26/h3-4,11,13,18H,5-10,12H2,1-2H3,(H,19,22). The maximum atomic E-state index is 11.3. The fourth-order valence-corrected chi connectivity index (χ4v) is 2.16. The highest BCUT2D eigenvalue weighted by atomic mass is 16.6. The van der Waals surface area contributed by atoms with Gasteiger partial charge in [-0.25, -0.2) is 0 Å². The van der Waals surface area contributed by atoms with E-state index >= 15 is 0 Å². The molecule has 1 aromatic rings. The summed E-state index contributed by atoms with van der Waals surface area (Å²) in [4.78, 5) is 31.7. The number of carbonyl (C=O) groups is 1. The summed E-state index contributed by atoms with van der Waals surface area (Å²) in [5.74, 6) is -0.177. The summed E-state index contributed by atoms with van der Waals surface area (Å²) in [5.41, 5.74) is -0.538. The van der Waals surface area contributed by atoms with Crippen molar-refractivity contribution in [3.63, 3.8) is 0 Å². The molecule has 1 rings (SSSR count). The van der Waals surface area contributed by atoms with Gasteiger partial charge in [-0.2, -0.15) is 0 Å². The van der Waals surface area contributed by atoms with Gasteiger partial charge in [0, 0.05) is 18.7 Å². The van der Waals surface area contributed by atoms with Crippen LogP contribution in [0.3, 0.4) is 0 Å². The van der Waals surface area contributed by atoms with Crippen LogP contribution < -0.4 is 10.6 Å². The van der Waals surface area contributed by atoms with E-state index in [1.807, 2.05) is 13.8 Å². The van der Waals surface area contributed by atoms with Crippen LogP contribution in [0.15, 0.2) is 18.2 Å². The second-order valence-electron chi connectivity index (χ2n) is 6.14. The summed E-state index contributed by atoms with van der Waals surface area (Å²) in [5, 5.41) is 27.2. The van der Waals surface area contributed by atoms with Gasteiger partial charge in [-0.3, -0.25) is 25.0 Å². The van der Waals surface area contributed by atoms with Crippen molar-refractivity contribution in [1.82, 2.24) is 5.32 Å². The van der Waals surface area contributed by atoms with E-state index in [0.29, 0.717) is 19.8 Å². The number of benzene rings is 1. The molecule has 0 unspecified atom stereocenters. The van der Waals surface area contributed by atoms with Crippen molar-refractivity contribution >= 4 is 23.0 Å². The van der Waals surface area contributed by atoms with Gasteiger partial charge in [0.2, 0.25) is 5.91 Å². The maximum absolute atomic E-state index is 11.3. The van der Waals surface area contributed by atoms with Gasteiger partial charge in [0.1, 0.15) is 12.3 Å². The monoisotopic (exact) mass is 414 g/mol. The summed E-state index contributed by atoms with van der Waals surface area (Å²) in [6, 6.07) is 3.46. The Morgan fingerprint density at radius 2 is 1.62 bits per heavy atom. The number of hydrogen-bond acceptors (Lipinski definition) is 9. The van der Waals surface area contributed by atoms with Crippen molar-refractivity contribution in [2.24, 2.45) is 0 Å². The molecule has 0 bridgehead atoms. The molecular formula is C17H26N4O8. The van der Waals surface area contributed by atoms with Crippen molar-refractivity contribution in [3.8, 4) is 0 Å². The van der Waals surface area contributed by atoms with Gasteiger partial charge in [0.15, 0.2) is 0 Å². The molecule has 0 aliphatic heterocycles. The zero-order chi connectivity index (χ0) is 21.6. The third kappa shape index (κ3) is 10.3. The lowest BCUT2D eigenvalue weighted by Gasteiger charge is -2.09. The van der Waals surface area contributed by atoms with Gasteiger partial charge in [-0.15, -0.1) is 0 Å². The van der Waals surface area contributed by atoms with Crippen molar-refractivity contribution < 1.29 is 28.9 Å². The van der Waals surface area contributed by atoms with Gasteiger partial charge < -0.3 is 24.8 Å². The lowest BCUT2D eigenvalue weighted by molar-refractivity contribution is -0.393. The average Bonchev–Trinajstić information content (AvgIpc) is 2.65. The van der Waals surface area contributed by atoms with E-state index in [2.05, 4.69) is 10.6 Å². The number of nitrogens with one attached hydrogen (secondary N) is 2. The molecule has 0 saturated carbocycles. The van der Waals surface area contributed by atoms with Crippen LogP contribution in [0, 0.1) is 20.2 Å². The Bertz CT molecular complexity index is 683. The zero-order valence-electron chi connectivity index (χ0n) is 16.4. The van der Waals surface area contributed by atoms with Gasteiger partial charge >= 0.3 is 0 Å². The van der Waals surface area contributed by atoms with E-state index in [1.165, 1.54) is 12.1 Å². The predicted octanol–water partition coefficient (Wildman–Crippen LogP) is 1.49. The first-order chi connectivity index (χ1) is 13.8. The molecule has 12 nitrogen and oxygen atoms in total. The van der Waals surface area contributed by atoms with E-state index in [9.17, 15) is 25.0 Å². The molecular weight excluding hydrogens is 388 g/mol. The Morgan fingerprint density at radius 3 is 2.21 bits per heavy atom. The number of anilines is 1. The highest BCUT2D eigenvalue weighted by molar-refractivity contribution is 5.77. The fourth-order valence-electron chi connectivity index (χ4n) is 2.16. The number of non-ortho nitro benzene ring substituents is 1. The lowest BCUT2D eigenvalue weighted by atomic mass is 10.2. The molecule has 12 heteroatoms. The highest BCUT2D eigenvalue weighted by Crippen LogP contribution is 2.28. The summed E-state index contributed by atoms with van der Waals surface area (Å²) >= 11 is 0. The second-order valence-corrected chi connectivity index (χ2v) is 6.14. The molecule has 0 heterocycles. The van der Waals surface area contributed by atoms with E-state index in [1.54, 1.807) is 0 Å². The van der Waals surface area contributed by atoms with Gasteiger partial charge in [0.25, 0.3) is 11.4 Å². The minimum absolute atomic E-state index is 0.0154. The molecule has 0 aromatic heterocycles. The Kier molecular flexibility index (Phi) is 11.2. The van der Waals surface area contributed by atoms with E-state index in [4.69, 9.17) is 14.2 Å². The van der Waals surface area contributed by atoms with Crippen molar-refractivity contribution in [2.75, 3.05) is 51.5 Å². The van der Waals surface area contributed by atoms with Crippen LogP contribution in [0.5, 0.6) is 0 Å². The molecule has 1 amide bonds. The maximum Gasteiger partial charge on any atom is 0.299 e. The molecule has 0 saturated heterocycles. The number of amides is 1. The van der Waals surface area contributed by atoms with Crippen LogP contribution in [-0.4, -0.2) is 68.0 Å². The Balaban J connectivity index is 2.11. The molecule has 0 aliphatic rings. The van der Waals surface area contributed by atoms with E-state index < -0.39 is 9.85 Å². The first kappa shape index (κ1) is 24.2. The molecule has 29 heavy (non-hydrogen) atoms. The summed E-state index contributed by atoms with van der Waals surface area (Å²) in [6.07, 6.45) is 0. The Hall–Kier alpha value is -2.83. The number of nitrogens with zero attached hydrogens (tertiary/aromatic N) is 2. The number of carbonyl (C=O) groups excluding carboxylic acids is 1. The van der Waals surface area contributed by atoms with E-state index in [-0.39, 0.29) is 55.4 Å². The summed E-state index contributed by atoms with van der Waals surface area (Å²) in [6.45, 7) is 5.53. The third-order valence-corrected chi connectivity index (χ3v) is 3.38. The van der Waals surface area contributed by atoms with Gasteiger partial charge in [0.05, 0.1) is 48.9 Å². The number of nitro groups is 2. The quantitative estimate of drug-likeness (QED) is 0.247. The van der Waals surface area contributed by atoms with Gasteiger partial charge in [-0.1, -0.05) is 0 Å². The van der Waals surface area contributed by atoms with Crippen LogP contribution in [0.2, 0.25) is 0 Å². The number of hydrogen-bond donors (Lipinski definition) is 2. The highest BCUT2D eigenvalue weighted by Gasteiger charge is 2.18. The second kappa shape index (κ2) is 13.4. The molecule has 0 spiro atoms. The number of nitro benzene ring substituents is 2. The predicted molar refractivity (Wildman–Crippen MR) is 104 cm³/mol. The van der Waals surface area contributed by atoms with Crippen molar-refractivity contribution in [3.05, 3.63) is 38.4 Å².